The Bertz CT molecular complexity index is 925. The van der Waals surface area contributed by atoms with E-state index in [2.05, 4.69) is 27.3 Å². The van der Waals surface area contributed by atoms with E-state index in [9.17, 15) is 10.1 Å². The lowest BCUT2D eigenvalue weighted by Crippen LogP contribution is -2.48. The lowest BCUT2D eigenvalue weighted by Gasteiger charge is -2.36. The van der Waals surface area contributed by atoms with Gasteiger partial charge in [0.15, 0.2) is 0 Å². The predicted molar refractivity (Wildman–Crippen MR) is 116 cm³/mol. The third kappa shape index (κ3) is 4.24. The molecule has 0 saturated carbocycles. The Morgan fingerprint density at radius 3 is 2.72 bits per heavy atom. The van der Waals surface area contributed by atoms with Gasteiger partial charge in [0, 0.05) is 31.1 Å². The highest BCUT2D eigenvalue weighted by atomic mass is 32.1. The van der Waals surface area contributed by atoms with Crippen LogP contribution in [0.5, 0.6) is 5.75 Å². The fourth-order valence-corrected chi connectivity index (χ4v) is 5.44. The first-order chi connectivity index (χ1) is 14.2. The average Bonchev–Trinajstić information content (AvgIpc) is 3.11. The summed E-state index contributed by atoms with van der Waals surface area (Å²) in [5.74, 6) is 0.843. The first-order valence-electron chi connectivity index (χ1n) is 10.1. The van der Waals surface area contributed by atoms with Crippen LogP contribution in [0.15, 0.2) is 24.3 Å². The summed E-state index contributed by atoms with van der Waals surface area (Å²) in [7, 11) is 1.69. The number of amides is 1. The molecule has 1 fully saturated rings. The number of benzene rings is 1. The minimum atomic E-state index is -0.0363. The number of methoxy groups -OCH3 is 1. The molecule has 1 amide bonds. The molecule has 2 aromatic rings. The average molecular weight is 411 g/mol. The van der Waals surface area contributed by atoms with E-state index >= 15 is 0 Å². The summed E-state index contributed by atoms with van der Waals surface area (Å²) < 4.78 is 5.47. The number of nitriles is 1. The Morgan fingerprint density at radius 1 is 1.21 bits per heavy atom. The molecule has 0 atom stereocenters. The van der Waals surface area contributed by atoms with Crippen molar-refractivity contribution in [2.24, 2.45) is 0 Å². The fourth-order valence-electron chi connectivity index (χ4n) is 4.18. The summed E-state index contributed by atoms with van der Waals surface area (Å²) in [6.45, 7) is 3.69. The number of fused-ring (bicyclic) bond motifs is 1. The largest absolute Gasteiger partial charge is 0.495 e. The zero-order valence-electron chi connectivity index (χ0n) is 16.7. The number of hydrogen-bond donors (Lipinski definition) is 1. The first kappa shape index (κ1) is 19.7. The normalized spacial score (nSPS) is 16.8. The Morgan fingerprint density at radius 2 is 1.97 bits per heavy atom. The van der Waals surface area contributed by atoms with E-state index in [0.29, 0.717) is 12.1 Å². The van der Waals surface area contributed by atoms with Crippen LogP contribution in [0, 0.1) is 11.3 Å². The van der Waals surface area contributed by atoms with Gasteiger partial charge >= 0.3 is 0 Å². The molecule has 1 aliphatic carbocycles. The molecule has 29 heavy (non-hydrogen) atoms. The summed E-state index contributed by atoms with van der Waals surface area (Å²) in [4.78, 5) is 18.4. The smallest absolute Gasteiger partial charge is 0.239 e. The second-order valence-corrected chi connectivity index (χ2v) is 8.62. The number of piperazine rings is 1. The van der Waals surface area contributed by atoms with Crippen LogP contribution in [0.4, 0.5) is 10.7 Å². The second-order valence-electron chi connectivity index (χ2n) is 7.51. The summed E-state index contributed by atoms with van der Waals surface area (Å²) in [6.07, 6.45) is 4.27. The number of nitrogens with zero attached hydrogens (tertiary/aromatic N) is 3. The molecule has 1 saturated heterocycles. The van der Waals surface area contributed by atoms with Gasteiger partial charge < -0.3 is 15.0 Å². The van der Waals surface area contributed by atoms with Crippen molar-refractivity contribution in [2.75, 3.05) is 50.1 Å². The van der Waals surface area contributed by atoms with Crippen LogP contribution in [0.25, 0.3) is 0 Å². The van der Waals surface area contributed by atoms with Gasteiger partial charge in [-0.15, -0.1) is 11.3 Å². The van der Waals surface area contributed by atoms with Crippen molar-refractivity contribution in [3.8, 4) is 11.8 Å². The molecule has 2 heterocycles. The predicted octanol–water partition coefficient (Wildman–Crippen LogP) is 3.27. The van der Waals surface area contributed by atoms with Gasteiger partial charge in [0.05, 0.1) is 24.9 Å². The van der Waals surface area contributed by atoms with Crippen LogP contribution in [-0.4, -0.2) is 50.6 Å². The SMILES string of the molecule is COc1ccccc1N1CCN(CC(=O)Nc2sc3c(c2C#N)CCCC3)CC1. The maximum Gasteiger partial charge on any atom is 0.239 e. The lowest BCUT2D eigenvalue weighted by molar-refractivity contribution is -0.117. The minimum Gasteiger partial charge on any atom is -0.495 e. The minimum absolute atomic E-state index is 0.0363. The summed E-state index contributed by atoms with van der Waals surface area (Å²) in [5, 5.41) is 13.3. The molecule has 7 heteroatoms. The monoisotopic (exact) mass is 410 g/mol. The molecule has 1 aromatic carbocycles. The maximum atomic E-state index is 12.6. The van der Waals surface area contributed by atoms with Crippen molar-refractivity contribution in [2.45, 2.75) is 25.7 Å². The molecule has 1 N–H and O–H groups in total. The van der Waals surface area contributed by atoms with Crippen molar-refractivity contribution >= 4 is 27.9 Å². The van der Waals surface area contributed by atoms with Crippen LogP contribution >= 0.6 is 11.3 Å². The third-order valence-corrected chi connectivity index (χ3v) is 6.91. The molecular weight excluding hydrogens is 384 g/mol. The van der Waals surface area contributed by atoms with Crippen LogP contribution in [-0.2, 0) is 17.6 Å². The van der Waals surface area contributed by atoms with Gasteiger partial charge in [-0.3, -0.25) is 9.69 Å². The van der Waals surface area contributed by atoms with E-state index in [1.165, 1.54) is 11.3 Å². The fraction of sp³-hybridized carbons (Fsp3) is 0.455. The summed E-state index contributed by atoms with van der Waals surface area (Å²) >= 11 is 1.58. The van der Waals surface area contributed by atoms with Gasteiger partial charge in [-0.2, -0.15) is 5.26 Å². The number of rotatable bonds is 5. The number of anilines is 2. The molecule has 1 aliphatic heterocycles. The molecule has 1 aromatic heterocycles. The molecule has 0 bridgehead atoms. The van der Waals surface area contributed by atoms with E-state index in [-0.39, 0.29) is 5.91 Å². The van der Waals surface area contributed by atoms with Gasteiger partial charge in [0.1, 0.15) is 16.8 Å². The number of para-hydroxylation sites is 2. The molecule has 152 valence electrons. The van der Waals surface area contributed by atoms with Crippen LogP contribution in [0.2, 0.25) is 0 Å². The zero-order chi connectivity index (χ0) is 20.2. The van der Waals surface area contributed by atoms with Crippen molar-refractivity contribution in [3.63, 3.8) is 0 Å². The maximum absolute atomic E-state index is 12.6. The number of carbonyl (C=O) groups excluding carboxylic acids is 1. The Kier molecular flexibility index (Phi) is 6.02. The highest BCUT2D eigenvalue weighted by Gasteiger charge is 2.24. The van der Waals surface area contributed by atoms with Gasteiger partial charge in [-0.05, 0) is 43.4 Å². The zero-order valence-corrected chi connectivity index (χ0v) is 17.6. The Hall–Kier alpha value is -2.56. The summed E-state index contributed by atoms with van der Waals surface area (Å²) in [5.41, 5.74) is 2.94. The second kappa shape index (κ2) is 8.85. The quantitative estimate of drug-likeness (QED) is 0.819. The van der Waals surface area contributed by atoms with Crippen molar-refractivity contribution < 1.29 is 9.53 Å². The van der Waals surface area contributed by atoms with Gasteiger partial charge in [-0.25, -0.2) is 0 Å². The molecule has 2 aliphatic rings. The van der Waals surface area contributed by atoms with Crippen LogP contribution < -0.4 is 15.0 Å². The Balaban J connectivity index is 1.34. The molecule has 0 unspecified atom stereocenters. The summed E-state index contributed by atoms with van der Waals surface area (Å²) in [6, 6.07) is 10.4. The topological polar surface area (TPSA) is 68.6 Å². The van der Waals surface area contributed by atoms with Crippen molar-refractivity contribution in [1.29, 1.82) is 5.26 Å². The molecule has 6 nitrogen and oxygen atoms in total. The van der Waals surface area contributed by atoms with Crippen molar-refractivity contribution in [3.05, 3.63) is 40.3 Å². The number of ether oxygens (including phenoxy) is 1. The standard InChI is InChI=1S/C22H26N4O2S/c1-28-19-8-4-3-7-18(19)26-12-10-25(11-13-26)15-21(27)24-22-17(14-23)16-6-2-5-9-20(16)29-22/h3-4,7-8H,2,5-6,9-13,15H2,1H3,(H,24,27). The number of thiophene rings is 1. The van der Waals surface area contributed by atoms with E-state index in [4.69, 9.17) is 4.74 Å². The van der Waals surface area contributed by atoms with Gasteiger partial charge in [0.25, 0.3) is 0 Å². The van der Waals surface area contributed by atoms with E-state index in [1.807, 2.05) is 18.2 Å². The van der Waals surface area contributed by atoms with Gasteiger partial charge in [-0.1, -0.05) is 12.1 Å². The highest BCUT2D eigenvalue weighted by Crippen LogP contribution is 2.37. The van der Waals surface area contributed by atoms with Crippen LogP contribution in [0.1, 0.15) is 28.8 Å². The van der Waals surface area contributed by atoms with E-state index in [0.717, 1.165) is 67.4 Å². The Labute approximate surface area is 175 Å². The molecule has 0 spiro atoms. The first-order valence-corrected chi connectivity index (χ1v) is 11.0. The number of nitrogens with one attached hydrogen (secondary N) is 1. The van der Waals surface area contributed by atoms with Gasteiger partial charge in [0.2, 0.25) is 5.91 Å². The number of carbonyl (C=O) groups is 1. The number of hydrogen-bond acceptors (Lipinski definition) is 6. The molecular formula is C22H26N4O2S. The highest BCUT2D eigenvalue weighted by molar-refractivity contribution is 7.16. The van der Waals surface area contributed by atoms with Crippen molar-refractivity contribution in [1.82, 2.24) is 4.90 Å². The number of aryl methyl sites for hydroxylation is 1. The van der Waals surface area contributed by atoms with Crippen LogP contribution in [0.3, 0.4) is 0 Å². The molecule has 0 radical (unpaired) electrons. The van der Waals surface area contributed by atoms with E-state index < -0.39 is 0 Å². The van der Waals surface area contributed by atoms with E-state index in [1.54, 1.807) is 18.4 Å². The molecule has 4 rings (SSSR count). The lowest BCUT2D eigenvalue weighted by atomic mass is 9.96. The third-order valence-electron chi connectivity index (χ3n) is 5.70.